The van der Waals surface area contributed by atoms with E-state index in [0.717, 1.165) is 16.8 Å². The molecule has 7 heteroatoms. The molecule has 0 aliphatic carbocycles. The van der Waals surface area contributed by atoms with Gasteiger partial charge in [0.25, 0.3) is 10.0 Å². The first-order valence-corrected chi connectivity index (χ1v) is 9.18. The summed E-state index contributed by atoms with van der Waals surface area (Å²) in [5.74, 6) is 0.698. The summed E-state index contributed by atoms with van der Waals surface area (Å²) in [5.41, 5.74) is 2.99. The number of nitrogens with zero attached hydrogens (tertiary/aromatic N) is 2. The number of sulfonamides is 1. The van der Waals surface area contributed by atoms with Crippen molar-refractivity contribution in [3.05, 3.63) is 71.8 Å². The number of hydrogen-bond acceptors (Lipinski definition) is 5. The molecule has 25 heavy (non-hydrogen) atoms. The van der Waals surface area contributed by atoms with Gasteiger partial charge in [-0.25, -0.2) is 8.42 Å². The molecule has 0 radical (unpaired) electrons. The number of aryl methyl sites for hydroxylation is 2. The lowest BCUT2D eigenvalue weighted by molar-refractivity contribution is 0.601. The van der Waals surface area contributed by atoms with E-state index < -0.39 is 10.0 Å². The zero-order chi connectivity index (χ0) is 17.9. The zero-order valence-electron chi connectivity index (χ0n) is 13.9. The van der Waals surface area contributed by atoms with Crippen LogP contribution in [-0.2, 0) is 10.0 Å². The maximum atomic E-state index is 12.3. The number of hydrogen-bond donors (Lipinski definition) is 2. The average molecular weight is 354 g/mol. The van der Waals surface area contributed by atoms with Crippen LogP contribution in [0.3, 0.4) is 0 Å². The highest BCUT2D eigenvalue weighted by molar-refractivity contribution is 7.92. The molecule has 1 aromatic heterocycles. The standard InChI is InChI=1S/C18H18N4O2S/c1-13-7-9-15(10-8-13)25(23,24)22-18-12-11-17(20-21-18)19-16-6-4-3-5-14(16)2/h3-12H,1-2H3,(H,19,20)(H,21,22). The largest absolute Gasteiger partial charge is 0.339 e. The Labute approximate surface area is 147 Å². The molecule has 0 spiro atoms. The normalized spacial score (nSPS) is 11.1. The summed E-state index contributed by atoms with van der Waals surface area (Å²) in [5, 5.41) is 11.1. The number of nitrogens with one attached hydrogen (secondary N) is 2. The van der Waals surface area contributed by atoms with E-state index in [1.165, 1.54) is 0 Å². The van der Waals surface area contributed by atoms with Crippen molar-refractivity contribution in [1.82, 2.24) is 10.2 Å². The summed E-state index contributed by atoms with van der Waals surface area (Å²) in [7, 11) is -3.68. The van der Waals surface area contributed by atoms with Crippen LogP contribution in [0.5, 0.6) is 0 Å². The number of benzene rings is 2. The van der Waals surface area contributed by atoms with Crippen LogP contribution in [0.4, 0.5) is 17.3 Å². The Bertz CT molecular complexity index is 969. The second kappa shape index (κ2) is 6.90. The van der Waals surface area contributed by atoms with Crippen molar-refractivity contribution < 1.29 is 8.42 Å². The molecule has 0 saturated carbocycles. The van der Waals surface area contributed by atoms with E-state index in [1.54, 1.807) is 36.4 Å². The van der Waals surface area contributed by atoms with E-state index in [4.69, 9.17) is 0 Å². The molecule has 0 saturated heterocycles. The molecule has 0 bridgehead atoms. The molecular weight excluding hydrogens is 336 g/mol. The van der Waals surface area contributed by atoms with Crippen LogP contribution in [0.2, 0.25) is 0 Å². The van der Waals surface area contributed by atoms with Crippen molar-refractivity contribution in [1.29, 1.82) is 0 Å². The second-order valence-electron chi connectivity index (χ2n) is 5.66. The molecule has 1 heterocycles. The molecule has 6 nitrogen and oxygen atoms in total. The maximum Gasteiger partial charge on any atom is 0.263 e. The van der Waals surface area contributed by atoms with E-state index in [1.807, 2.05) is 38.1 Å². The number of rotatable bonds is 5. The number of anilines is 3. The quantitative estimate of drug-likeness (QED) is 0.731. The Balaban J connectivity index is 1.74. The van der Waals surface area contributed by atoms with Crippen LogP contribution in [0.15, 0.2) is 65.6 Å². The maximum absolute atomic E-state index is 12.3. The van der Waals surface area contributed by atoms with Crippen molar-refractivity contribution in [2.45, 2.75) is 18.7 Å². The Hall–Kier alpha value is -2.93. The van der Waals surface area contributed by atoms with Crippen molar-refractivity contribution in [3.63, 3.8) is 0 Å². The summed E-state index contributed by atoms with van der Waals surface area (Å²) >= 11 is 0. The molecule has 0 aliphatic heterocycles. The summed E-state index contributed by atoms with van der Waals surface area (Å²) < 4.78 is 27.1. The minimum Gasteiger partial charge on any atom is -0.339 e. The Morgan fingerprint density at radius 1 is 0.800 bits per heavy atom. The van der Waals surface area contributed by atoms with Gasteiger partial charge in [-0.1, -0.05) is 35.9 Å². The van der Waals surface area contributed by atoms with E-state index in [0.29, 0.717) is 5.82 Å². The number of aromatic nitrogens is 2. The van der Waals surface area contributed by atoms with Gasteiger partial charge in [-0.05, 0) is 49.7 Å². The average Bonchev–Trinajstić information content (AvgIpc) is 2.59. The van der Waals surface area contributed by atoms with Gasteiger partial charge in [0.2, 0.25) is 0 Å². The molecule has 128 valence electrons. The van der Waals surface area contributed by atoms with Gasteiger partial charge in [-0.3, -0.25) is 4.72 Å². The Kier molecular flexibility index (Phi) is 4.67. The predicted octanol–water partition coefficient (Wildman–Crippen LogP) is 3.64. The Morgan fingerprint density at radius 2 is 1.44 bits per heavy atom. The highest BCUT2D eigenvalue weighted by Crippen LogP contribution is 2.19. The first-order chi connectivity index (χ1) is 11.9. The minimum absolute atomic E-state index is 0.163. The highest BCUT2D eigenvalue weighted by atomic mass is 32.2. The lowest BCUT2D eigenvalue weighted by Gasteiger charge is -2.09. The summed E-state index contributed by atoms with van der Waals surface area (Å²) in [6, 6.07) is 17.6. The fourth-order valence-electron chi connectivity index (χ4n) is 2.22. The topological polar surface area (TPSA) is 84.0 Å². The van der Waals surface area contributed by atoms with Gasteiger partial charge in [0.05, 0.1) is 4.90 Å². The van der Waals surface area contributed by atoms with Crippen LogP contribution in [0.25, 0.3) is 0 Å². The number of para-hydroxylation sites is 1. The van der Waals surface area contributed by atoms with Gasteiger partial charge in [0.1, 0.15) is 0 Å². The van der Waals surface area contributed by atoms with Gasteiger partial charge >= 0.3 is 0 Å². The van der Waals surface area contributed by atoms with Gasteiger partial charge in [-0.15, -0.1) is 10.2 Å². The lowest BCUT2D eigenvalue weighted by Crippen LogP contribution is -2.14. The lowest BCUT2D eigenvalue weighted by atomic mass is 10.2. The molecule has 3 rings (SSSR count). The van der Waals surface area contributed by atoms with E-state index in [9.17, 15) is 8.42 Å². The molecule has 0 aliphatic rings. The van der Waals surface area contributed by atoms with E-state index >= 15 is 0 Å². The third-order valence-electron chi connectivity index (χ3n) is 3.64. The predicted molar refractivity (Wildman–Crippen MR) is 98.5 cm³/mol. The zero-order valence-corrected chi connectivity index (χ0v) is 14.7. The van der Waals surface area contributed by atoms with Gasteiger partial charge in [0.15, 0.2) is 11.6 Å². The molecule has 0 fully saturated rings. The third-order valence-corrected chi connectivity index (χ3v) is 5.01. The summed E-state index contributed by atoms with van der Waals surface area (Å²) in [6.45, 7) is 3.88. The minimum atomic E-state index is -3.68. The fourth-order valence-corrected chi connectivity index (χ4v) is 3.21. The van der Waals surface area contributed by atoms with Gasteiger partial charge in [-0.2, -0.15) is 0 Å². The fraction of sp³-hybridized carbons (Fsp3) is 0.111. The second-order valence-corrected chi connectivity index (χ2v) is 7.34. The third kappa shape index (κ3) is 4.13. The summed E-state index contributed by atoms with van der Waals surface area (Å²) in [4.78, 5) is 0.182. The molecular formula is C18H18N4O2S. The van der Waals surface area contributed by atoms with Crippen molar-refractivity contribution >= 4 is 27.3 Å². The first-order valence-electron chi connectivity index (χ1n) is 7.70. The van der Waals surface area contributed by atoms with Crippen molar-refractivity contribution in [2.24, 2.45) is 0 Å². The molecule has 2 N–H and O–H groups in total. The van der Waals surface area contributed by atoms with Crippen LogP contribution in [0, 0.1) is 13.8 Å². The van der Waals surface area contributed by atoms with Crippen LogP contribution in [-0.4, -0.2) is 18.6 Å². The molecule has 0 unspecified atom stereocenters. The van der Waals surface area contributed by atoms with Crippen molar-refractivity contribution in [2.75, 3.05) is 10.0 Å². The monoisotopic (exact) mass is 354 g/mol. The molecule has 2 aromatic carbocycles. The first kappa shape index (κ1) is 16.9. The van der Waals surface area contributed by atoms with Crippen LogP contribution >= 0.6 is 0 Å². The van der Waals surface area contributed by atoms with Crippen molar-refractivity contribution in [3.8, 4) is 0 Å². The highest BCUT2D eigenvalue weighted by Gasteiger charge is 2.14. The van der Waals surface area contributed by atoms with Crippen LogP contribution < -0.4 is 10.0 Å². The molecule has 0 amide bonds. The molecule has 3 aromatic rings. The van der Waals surface area contributed by atoms with Gasteiger partial charge < -0.3 is 5.32 Å². The van der Waals surface area contributed by atoms with E-state index in [-0.39, 0.29) is 10.7 Å². The smallest absolute Gasteiger partial charge is 0.263 e. The van der Waals surface area contributed by atoms with E-state index in [2.05, 4.69) is 20.2 Å². The molecule has 0 atom stereocenters. The van der Waals surface area contributed by atoms with Crippen LogP contribution in [0.1, 0.15) is 11.1 Å². The van der Waals surface area contributed by atoms with Gasteiger partial charge in [0, 0.05) is 5.69 Å². The summed E-state index contributed by atoms with van der Waals surface area (Å²) in [6.07, 6.45) is 0. The Morgan fingerprint density at radius 3 is 2.08 bits per heavy atom. The SMILES string of the molecule is Cc1ccc(S(=O)(=O)Nc2ccc(Nc3ccccc3C)nn2)cc1.